The number of carbonyl (C=O) groups excluding carboxylic acids is 1. The van der Waals surface area contributed by atoms with E-state index in [9.17, 15) is 20.1 Å². The number of hydrogen-bond acceptors (Lipinski definition) is 7. The van der Waals surface area contributed by atoms with Crippen molar-refractivity contribution in [2.45, 2.75) is 75.1 Å². The SMILES string of the molecule is CCN1C[C@]2(C)CC[C@H](OC)[C@@]34[C@@H]5C[C@H]6[C@H](O)[C@@H]5[C@](O)(C[C@@H]6OC)[C@](O)(C(=O)[C@H]23)[C@@H]14. The van der Waals surface area contributed by atoms with Crippen molar-refractivity contribution in [1.82, 2.24) is 4.90 Å². The van der Waals surface area contributed by atoms with Gasteiger partial charge in [0, 0.05) is 50.4 Å². The molecule has 0 amide bonds. The van der Waals surface area contributed by atoms with Crippen LogP contribution in [-0.4, -0.2) is 88.9 Å². The minimum absolute atomic E-state index is 0.0803. The van der Waals surface area contributed by atoms with E-state index < -0.39 is 34.7 Å². The van der Waals surface area contributed by atoms with Gasteiger partial charge in [-0.25, -0.2) is 0 Å². The first-order valence-corrected chi connectivity index (χ1v) is 11.6. The maximum absolute atomic E-state index is 14.2. The zero-order valence-electron chi connectivity index (χ0n) is 18.4. The lowest BCUT2D eigenvalue weighted by atomic mass is 9.43. The fourth-order valence-corrected chi connectivity index (χ4v) is 10.1. The summed E-state index contributed by atoms with van der Waals surface area (Å²) in [6.45, 7) is 5.71. The molecule has 0 aromatic carbocycles. The normalized spacial score (nSPS) is 63.4. The number of ether oxygens (including phenoxy) is 2. The minimum Gasteiger partial charge on any atom is -0.392 e. The van der Waals surface area contributed by atoms with Crippen LogP contribution >= 0.6 is 0 Å². The van der Waals surface area contributed by atoms with Gasteiger partial charge >= 0.3 is 0 Å². The van der Waals surface area contributed by atoms with E-state index in [-0.39, 0.29) is 47.6 Å². The average molecular weight is 422 g/mol. The van der Waals surface area contributed by atoms with E-state index in [1.807, 2.05) is 0 Å². The molecular formula is C23H35NO6. The number of fused-ring (bicyclic) bond motifs is 2. The van der Waals surface area contributed by atoms with Gasteiger partial charge in [-0.2, -0.15) is 0 Å². The van der Waals surface area contributed by atoms with Crippen molar-refractivity contribution in [3.8, 4) is 0 Å². The Morgan fingerprint density at radius 2 is 1.97 bits per heavy atom. The first-order chi connectivity index (χ1) is 14.2. The van der Waals surface area contributed by atoms with Crippen LogP contribution in [-0.2, 0) is 14.3 Å². The zero-order valence-corrected chi connectivity index (χ0v) is 18.4. The van der Waals surface area contributed by atoms with Crippen LogP contribution in [0.3, 0.4) is 0 Å². The fourth-order valence-electron chi connectivity index (χ4n) is 10.1. The van der Waals surface area contributed by atoms with Crippen LogP contribution in [0, 0.1) is 34.5 Å². The van der Waals surface area contributed by atoms with Gasteiger partial charge in [-0.1, -0.05) is 13.8 Å². The quantitative estimate of drug-likeness (QED) is 0.599. The van der Waals surface area contributed by atoms with E-state index in [0.717, 1.165) is 19.4 Å². The van der Waals surface area contributed by atoms with Gasteiger partial charge in [0.15, 0.2) is 11.4 Å². The summed E-state index contributed by atoms with van der Waals surface area (Å²) in [5.41, 5.74) is -4.45. The van der Waals surface area contributed by atoms with Gasteiger partial charge in [-0.15, -0.1) is 0 Å². The second kappa shape index (κ2) is 5.67. The lowest BCUT2D eigenvalue weighted by Crippen LogP contribution is -2.81. The smallest absolute Gasteiger partial charge is 0.173 e. The molecule has 1 heterocycles. The molecule has 6 fully saturated rings. The molecule has 0 aromatic rings. The highest BCUT2D eigenvalue weighted by Crippen LogP contribution is 2.78. The standard InChI is InChI=1S/C23H35NO6/c1-5-24-10-20(2)7-6-14(30-4)22-12-8-11-13(29-3)9-21(27,15(12)16(11)25)23(28,19(22)24)18(26)17(20)22/h11-17,19,25,27-28H,5-10H2,1-4H3/t11-,12-,13+,14+,15-,16+,17-,19+,20+,21-,22+,23+/m1/s1. The Kier molecular flexibility index (Phi) is 3.79. The Morgan fingerprint density at radius 3 is 2.60 bits per heavy atom. The van der Waals surface area contributed by atoms with Crippen LogP contribution in [0.25, 0.3) is 0 Å². The van der Waals surface area contributed by atoms with Crippen molar-refractivity contribution in [2.24, 2.45) is 34.5 Å². The summed E-state index contributed by atoms with van der Waals surface area (Å²) in [6, 6.07) is -0.487. The molecule has 30 heavy (non-hydrogen) atoms. The largest absolute Gasteiger partial charge is 0.392 e. The summed E-state index contributed by atoms with van der Waals surface area (Å²) in [5, 5.41) is 35.9. The Hall–Kier alpha value is -0.570. The Bertz CT molecular complexity index is 807. The number of ketones is 1. The van der Waals surface area contributed by atoms with Crippen LogP contribution in [0.5, 0.6) is 0 Å². The van der Waals surface area contributed by atoms with Crippen LogP contribution in [0.2, 0.25) is 0 Å². The summed E-state index contributed by atoms with van der Waals surface area (Å²) in [5.74, 6) is -1.26. The van der Waals surface area contributed by atoms with E-state index in [1.54, 1.807) is 14.2 Å². The molecule has 12 atom stereocenters. The molecule has 7 bridgehead atoms. The summed E-state index contributed by atoms with van der Waals surface area (Å²) in [4.78, 5) is 16.5. The molecule has 1 aliphatic heterocycles. The van der Waals surface area contributed by atoms with Crippen molar-refractivity contribution < 1.29 is 29.6 Å². The molecule has 0 aromatic heterocycles. The first-order valence-electron chi connectivity index (χ1n) is 11.6. The third-order valence-corrected chi connectivity index (χ3v) is 10.8. The number of Topliss-reactive ketones (excluding diaryl/α,β-unsaturated/α-hetero) is 1. The number of likely N-dealkylation sites (tertiary alicyclic amines) is 1. The summed E-state index contributed by atoms with van der Waals surface area (Å²) in [7, 11) is 3.31. The van der Waals surface area contributed by atoms with Gasteiger partial charge in [0.1, 0.15) is 5.60 Å². The van der Waals surface area contributed by atoms with Crippen LogP contribution in [0.4, 0.5) is 0 Å². The number of aliphatic hydroxyl groups is 3. The van der Waals surface area contributed by atoms with Crippen LogP contribution in [0.1, 0.15) is 39.5 Å². The highest BCUT2D eigenvalue weighted by molar-refractivity contribution is 5.98. The highest BCUT2D eigenvalue weighted by Gasteiger charge is 2.91. The summed E-state index contributed by atoms with van der Waals surface area (Å²) >= 11 is 0. The lowest BCUT2D eigenvalue weighted by molar-refractivity contribution is -0.309. The molecule has 7 heteroatoms. The number of hydrogen-bond donors (Lipinski definition) is 3. The van der Waals surface area contributed by atoms with Gasteiger partial charge in [0.2, 0.25) is 0 Å². The summed E-state index contributed by atoms with van der Waals surface area (Å²) in [6.07, 6.45) is 1.29. The maximum Gasteiger partial charge on any atom is 0.173 e. The average Bonchev–Trinajstić information content (AvgIpc) is 3.07. The predicted octanol–water partition coefficient (Wildman–Crippen LogP) is 0.199. The minimum atomic E-state index is -1.92. The molecule has 5 aliphatic carbocycles. The van der Waals surface area contributed by atoms with Crippen molar-refractivity contribution in [3.05, 3.63) is 0 Å². The molecular weight excluding hydrogens is 386 g/mol. The molecule has 168 valence electrons. The van der Waals surface area contributed by atoms with Crippen LogP contribution < -0.4 is 0 Å². The molecule has 6 aliphatic rings. The fraction of sp³-hybridized carbons (Fsp3) is 0.957. The van der Waals surface area contributed by atoms with E-state index in [0.29, 0.717) is 13.0 Å². The number of methoxy groups -OCH3 is 2. The van der Waals surface area contributed by atoms with Crippen molar-refractivity contribution in [2.75, 3.05) is 27.3 Å². The van der Waals surface area contributed by atoms with E-state index in [4.69, 9.17) is 9.47 Å². The second-order valence-corrected chi connectivity index (χ2v) is 11.4. The Morgan fingerprint density at radius 1 is 1.23 bits per heavy atom. The first kappa shape index (κ1) is 20.1. The third kappa shape index (κ3) is 1.69. The molecule has 6 rings (SSSR count). The second-order valence-electron chi connectivity index (χ2n) is 11.4. The number of aliphatic hydroxyl groups excluding tert-OH is 1. The van der Waals surface area contributed by atoms with Gasteiger partial charge in [0.25, 0.3) is 0 Å². The van der Waals surface area contributed by atoms with E-state index >= 15 is 0 Å². The Balaban J connectivity index is 1.68. The molecule has 0 unspecified atom stereocenters. The monoisotopic (exact) mass is 421 g/mol. The number of piperidine rings is 1. The topological polar surface area (TPSA) is 99.5 Å². The van der Waals surface area contributed by atoms with Gasteiger partial charge in [0.05, 0.1) is 24.4 Å². The number of likely N-dealkylation sites (N-methyl/N-ethyl adjacent to an activating group) is 1. The summed E-state index contributed by atoms with van der Waals surface area (Å²) < 4.78 is 11.8. The van der Waals surface area contributed by atoms with Gasteiger partial charge in [-0.05, 0) is 37.1 Å². The van der Waals surface area contributed by atoms with Crippen molar-refractivity contribution in [3.63, 3.8) is 0 Å². The van der Waals surface area contributed by atoms with E-state index in [2.05, 4.69) is 18.7 Å². The lowest BCUT2D eigenvalue weighted by Gasteiger charge is -2.69. The maximum atomic E-state index is 14.2. The number of carbonyl (C=O) groups is 1. The predicted molar refractivity (Wildman–Crippen MR) is 107 cm³/mol. The molecule has 0 radical (unpaired) electrons. The highest BCUT2D eigenvalue weighted by atomic mass is 16.5. The molecule has 7 nitrogen and oxygen atoms in total. The molecule has 5 saturated carbocycles. The van der Waals surface area contributed by atoms with Gasteiger partial charge < -0.3 is 24.8 Å². The van der Waals surface area contributed by atoms with Gasteiger partial charge in [-0.3, -0.25) is 9.69 Å². The molecule has 3 N–H and O–H groups in total. The van der Waals surface area contributed by atoms with Crippen LogP contribution in [0.15, 0.2) is 0 Å². The van der Waals surface area contributed by atoms with E-state index in [1.165, 1.54) is 0 Å². The zero-order chi connectivity index (χ0) is 21.4. The van der Waals surface area contributed by atoms with Crippen molar-refractivity contribution >= 4 is 5.78 Å². The number of nitrogens with zero attached hydrogens (tertiary/aromatic N) is 1. The Labute approximate surface area is 177 Å². The molecule has 1 saturated heterocycles. The third-order valence-electron chi connectivity index (χ3n) is 10.8. The van der Waals surface area contributed by atoms with Crippen molar-refractivity contribution in [1.29, 1.82) is 0 Å². The number of rotatable bonds is 3. The molecule has 1 spiro atoms.